The smallest absolute Gasteiger partial charge is 0.333 e. The highest BCUT2D eigenvalue weighted by atomic mass is 16.5. The van der Waals surface area contributed by atoms with Crippen LogP contribution in [-0.4, -0.2) is 43.4 Å². The Bertz CT molecular complexity index is 331. The molecule has 1 aliphatic rings. The molecule has 0 saturated carbocycles. The highest BCUT2D eigenvalue weighted by molar-refractivity contribution is 6.02. The van der Waals surface area contributed by atoms with Crippen LogP contribution in [0.25, 0.3) is 0 Å². The van der Waals surface area contributed by atoms with Crippen molar-refractivity contribution >= 4 is 17.8 Å². The number of ether oxygens (including phenoxy) is 2. The van der Waals surface area contributed by atoms with Gasteiger partial charge in [0.2, 0.25) is 11.8 Å². The quantitative estimate of drug-likeness (QED) is 0.289. The van der Waals surface area contributed by atoms with E-state index in [0.717, 1.165) is 11.0 Å². The van der Waals surface area contributed by atoms with Gasteiger partial charge in [-0.15, -0.1) is 0 Å². The fourth-order valence-corrected chi connectivity index (χ4v) is 1.31. The van der Waals surface area contributed by atoms with Gasteiger partial charge in [0.05, 0.1) is 26.8 Å². The predicted octanol–water partition coefficient (Wildman–Crippen LogP) is -0.161. The predicted molar refractivity (Wildman–Crippen MR) is 53.1 cm³/mol. The minimum absolute atomic E-state index is 0.0245. The van der Waals surface area contributed by atoms with Crippen molar-refractivity contribution in [2.24, 2.45) is 0 Å². The lowest BCUT2D eigenvalue weighted by atomic mass is 10.4. The highest BCUT2D eigenvalue weighted by Crippen LogP contribution is 2.13. The molecule has 1 rings (SSSR count). The number of amides is 2. The Hall–Kier alpha value is -1.85. The van der Waals surface area contributed by atoms with Crippen LogP contribution in [0, 0.1) is 0 Å². The summed E-state index contributed by atoms with van der Waals surface area (Å²) in [5, 5.41) is 0. The lowest BCUT2D eigenvalue weighted by molar-refractivity contribution is -0.139. The molecule has 2 amide bonds. The molecular weight excluding hydrogens is 214 g/mol. The van der Waals surface area contributed by atoms with E-state index in [4.69, 9.17) is 4.74 Å². The van der Waals surface area contributed by atoms with Crippen LogP contribution in [0.3, 0.4) is 0 Å². The second-order valence-electron chi connectivity index (χ2n) is 3.21. The number of imide groups is 1. The van der Waals surface area contributed by atoms with Crippen molar-refractivity contribution in [1.29, 1.82) is 0 Å². The average molecular weight is 227 g/mol. The van der Waals surface area contributed by atoms with Crippen LogP contribution in [0.2, 0.25) is 0 Å². The maximum absolute atomic E-state index is 11.3. The zero-order valence-electron chi connectivity index (χ0n) is 9.19. The van der Waals surface area contributed by atoms with E-state index in [1.54, 1.807) is 0 Å². The lowest BCUT2D eigenvalue weighted by Crippen LogP contribution is -2.31. The van der Waals surface area contributed by atoms with Crippen molar-refractivity contribution in [3.63, 3.8) is 0 Å². The molecule has 1 saturated heterocycles. The van der Waals surface area contributed by atoms with Gasteiger partial charge in [-0.25, -0.2) is 4.79 Å². The topological polar surface area (TPSA) is 72.9 Å². The molecule has 0 radical (unpaired) electrons. The molecule has 0 aromatic carbocycles. The Morgan fingerprint density at radius 3 is 2.25 bits per heavy atom. The number of carbonyl (C=O) groups is 3. The van der Waals surface area contributed by atoms with Gasteiger partial charge in [0, 0.05) is 12.8 Å². The van der Waals surface area contributed by atoms with Crippen LogP contribution in [-0.2, 0) is 23.9 Å². The molecule has 0 aromatic heterocycles. The van der Waals surface area contributed by atoms with Crippen molar-refractivity contribution < 1.29 is 23.9 Å². The van der Waals surface area contributed by atoms with E-state index in [0.29, 0.717) is 0 Å². The Morgan fingerprint density at radius 1 is 1.25 bits per heavy atom. The fraction of sp³-hybridized carbons (Fsp3) is 0.500. The van der Waals surface area contributed by atoms with E-state index in [1.165, 1.54) is 14.2 Å². The second-order valence-corrected chi connectivity index (χ2v) is 3.21. The number of rotatable bonds is 4. The Balaban J connectivity index is 2.70. The zero-order chi connectivity index (χ0) is 12.1. The molecular formula is C10H13NO5. The number of likely N-dealkylation sites (tertiary alicyclic amines) is 1. The van der Waals surface area contributed by atoms with Crippen LogP contribution in [0.1, 0.15) is 12.8 Å². The lowest BCUT2D eigenvalue weighted by Gasteiger charge is -2.14. The van der Waals surface area contributed by atoms with Crippen molar-refractivity contribution in [2.75, 3.05) is 20.8 Å². The molecule has 0 unspecified atom stereocenters. The number of esters is 1. The Morgan fingerprint density at radius 2 is 1.81 bits per heavy atom. The molecule has 1 aliphatic heterocycles. The molecule has 0 spiro atoms. The molecule has 0 N–H and O–H groups in total. The first-order valence-electron chi connectivity index (χ1n) is 4.74. The van der Waals surface area contributed by atoms with Gasteiger partial charge in [0.1, 0.15) is 5.76 Å². The van der Waals surface area contributed by atoms with E-state index in [2.05, 4.69) is 4.74 Å². The third kappa shape index (κ3) is 2.82. The van der Waals surface area contributed by atoms with Crippen LogP contribution < -0.4 is 0 Å². The molecule has 1 heterocycles. The summed E-state index contributed by atoms with van der Waals surface area (Å²) in [4.78, 5) is 34.6. The van der Waals surface area contributed by atoms with E-state index in [1.807, 2.05) is 0 Å². The Labute approximate surface area is 92.8 Å². The number of nitrogens with zero attached hydrogens (tertiary/aromatic N) is 1. The molecule has 6 nitrogen and oxygen atoms in total. The SMILES string of the molecule is COC(=O)C=C(CN1C(=O)CCC1=O)OC. The monoisotopic (exact) mass is 227 g/mol. The number of methoxy groups -OCH3 is 2. The van der Waals surface area contributed by atoms with Gasteiger partial charge < -0.3 is 9.47 Å². The molecule has 16 heavy (non-hydrogen) atoms. The first-order chi connectivity index (χ1) is 7.58. The van der Waals surface area contributed by atoms with E-state index >= 15 is 0 Å². The van der Waals surface area contributed by atoms with Crippen LogP contribution in [0.5, 0.6) is 0 Å². The third-order valence-corrected chi connectivity index (χ3v) is 2.21. The highest BCUT2D eigenvalue weighted by Gasteiger charge is 2.29. The summed E-state index contributed by atoms with van der Waals surface area (Å²) in [6.07, 6.45) is 1.54. The van der Waals surface area contributed by atoms with E-state index < -0.39 is 5.97 Å². The van der Waals surface area contributed by atoms with Gasteiger partial charge >= 0.3 is 5.97 Å². The fourth-order valence-electron chi connectivity index (χ4n) is 1.31. The molecule has 0 aromatic rings. The summed E-state index contributed by atoms with van der Waals surface area (Å²) in [6, 6.07) is 0. The first kappa shape index (κ1) is 12.2. The van der Waals surface area contributed by atoms with Crippen molar-refractivity contribution in [1.82, 2.24) is 4.90 Å². The molecule has 1 fully saturated rings. The molecule has 0 aliphatic carbocycles. The van der Waals surface area contributed by atoms with Gasteiger partial charge in [-0.3, -0.25) is 14.5 Å². The summed E-state index contributed by atoms with van der Waals surface area (Å²) in [6.45, 7) is -0.0245. The minimum atomic E-state index is -0.587. The Kier molecular flexibility index (Phi) is 4.04. The molecule has 88 valence electrons. The number of hydrogen-bond donors (Lipinski definition) is 0. The minimum Gasteiger partial charge on any atom is -0.499 e. The van der Waals surface area contributed by atoms with Gasteiger partial charge in [-0.2, -0.15) is 0 Å². The van der Waals surface area contributed by atoms with Crippen LogP contribution in [0.15, 0.2) is 11.8 Å². The average Bonchev–Trinajstić information content (AvgIpc) is 2.59. The number of hydrogen-bond acceptors (Lipinski definition) is 5. The number of carbonyl (C=O) groups excluding carboxylic acids is 3. The summed E-state index contributed by atoms with van der Waals surface area (Å²) in [5.41, 5.74) is 0. The normalized spacial score (nSPS) is 16.6. The summed E-state index contributed by atoms with van der Waals surface area (Å²) >= 11 is 0. The van der Waals surface area contributed by atoms with Crippen molar-refractivity contribution in [3.8, 4) is 0 Å². The molecule has 6 heteroatoms. The van der Waals surface area contributed by atoms with Gasteiger partial charge in [-0.05, 0) is 0 Å². The summed E-state index contributed by atoms with van der Waals surface area (Å²) < 4.78 is 9.31. The van der Waals surface area contributed by atoms with Crippen molar-refractivity contribution in [2.45, 2.75) is 12.8 Å². The van der Waals surface area contributed by atoms with Crippen LogP contribution in [0.4, 0.5) is 0 Å². The largest absolute Gasteiger partial charge is 0.499 e. The third-order valence-electron chi connectivity index (χ3n) is 2.21. The second kappa shape index (κ2) is 5.29. The van der Waals surface area contributed by atoms with E-state index in [9.17, 15) is 14.4 Å². The maximum atomic E-state index is 11.3. The standard InChI is InChI=1S/C10H13NO5/c1-15-7(5-10(14)16-2)6-11-8(12)3-4-9(11)13/h5H,3-4,6H2,1-2H3. The van der Waals surface area contributed by atoms with Crippen LogP contribution >= 0.6 is 0 Å². The van der Waals surface area contributed by atoms with Gasteiger partial charge in [0.15, 0.2) is 0 Å². The van der Waals surface area contributed by atoms with Crippen molar-refractivity contribution in [3.05, 3.63) is 11.8 Å². The molecule has 0 atom stereocenters. The first-order valence-corrected chi connectivity index (χ1v) is 4.74. The van der Waals surface area contributed by atoms with Gasteiger partial charge in [-0.1, -0.05) is 0 Å². The maximum Gasteiger partial charge on any atom is 0.333 e. The summed E-state index contributed by atoms with van der Waals surface area (Å²) in [5.74, 6) is -0.873. The summed E-state index contributed by atoms with van der Waals surface area (Å²) in [7, 11) is 2.60. The van der Waals surface area contributed by atoms with E-state index in [-0.39, 0.29) is 37.0 Å². The molecule has 0 bridgehead atoms. The zero-order valence-corrected chi connectivity index (χ0v) is 9.19. The van der Waals surface area contributed by atoms with Gasteiger partial charge in [0.25, 0.3) is 0 Å².